The van der Waals surface area contributed by atoms with Crippen LogP contribution in [0.1, 0.15) is 26.3 Å². The van der Waals surface area contributed by atoms with Gasteiger partial charge in [0.2, 0.25) is 0 Å². The van der Waals surface area contributed by atoms with Crippen LogP contribution in [0.4, 0.5) is 0 Å². The molecule has 0 aliphatic carbocycles. The van der Waals surface area contributed by atoms with Crippen molar-refractivity contribution in [1.82, 2.24) is 0 Å². The molecule has 0 fully saturated rings. The van der Waals surface area contributed by atoms with Gasteiger partial charge in [-0.2, -0.15) is 0 Å². The highest BCUT2D eigenvalue weighted by Crippen LogP contribution is 2.23. The molecule has 2 N–H and O–H groups in total. The molecule has 4 heteroatoms. The zero-order valence-corrected chi connectivity index (χ0v) is 9.18. The fraction of sp³-hybridized carbons (Fsp3) is 0. The van der Waals surface area contributed by atoms with Crippen molar-refractivity contribution < 1.29 is 19.8 Å². The maximum Gasteiger partial charge on any atom is 0.336 e. The van der Waals surface area contributed by atoms with E-state index in [1.165, 1.54) is 24.3 Å². The van der Waals surface area contributed by atoms with Crippen molar-refractivity contribution in [3.05, 3.63) is 47.0 Å². The molecule has 0 unspecified atom stereocenters. The van der Waals surface area contributed by atoms with Gasteiger partial charge in [0.15, 0.2) is 0 Å². The maximum absolute atomic E-state index is 11.0. The summed E-state index contributed by atoms with van der Waals surface area (Å²) in [5, 5.41) is 19.1. The largest absolute Gasteiger partial charge is 0.478 e. The first-order chi connectivity index (χ1) is 8.54. The third kappa shape index (κ3) is 1.78. The van der Waals surface area contributed by atoms with Crippen molar-refractivity contribution in [2.45, 2.75) is 0 Å². The van der Waals surface area contributed by atoms with Crippen LogP contribution in [0.5, 0.6) is 0 Å². The lowest BCUT2D eigenvalue weighted by molar-refractivity contribution is 0.0685. The zero-order valence-electron chi connectivity index (χ0n) is 9.18. The molecule has 0 heterocycles. The molecule has 0 saturated carbocycles. The van der Waals surface area contributed by atoms with Gasteiger partial charge >= 0.3 is 11.9 Å². The predicted octanol–water partition coefficient (Wildman–Crippen LogP) is 2.22. The average molecular weight is 240 g/mol. The standard InChI is InChI=1S/C14H8O4/c1-2-10-11-5-4-9(13(15)16)7-8(11)3-6-12(10)14(17)18/h1,3-7H,(H,15,16)(H,17,18). The highest BCUT2D eigenvalue weighted by Gasteiger charge is 2.13. The third-order valence-corrected chi connectivity index (χ3v) is 2.64. The van der Waals surface area contributed by atoms with Crippen LogP contribution < -0.4 is 0 Å². The first-order valence-electron chi connectivity index (χ1n) is 5.04. The van der Waals surface area contributed by atoms with Gasteiger partial charge < -0.3 is 10.2 Å². The molecule has 0 aromatic heterocycles. The van der Waals surface area contributed by atoms with E-state index in [1.807, 2.05) is 0 Å². The summed E-state index contributed by atoms with van der Waals surface area (Å²) >= 11 is 0. The summed E-state index contributed by atoms with van der Waals surface area (Å²) in [6, 6.07) is 7.32. The van der Waals surface area contributed by atoms with Crippen LogP contribution in [0.25, 0.3) is 10.8 Å². The number of carbonyl (C=O) groups is 2. The fourth-order valence-corrected chi connectivity index (χ4v) is 1.80. The summed E-state index contributed by atoms with van der Waals surface area (Å²) in [6.45, 7) is 0. The summed E-state index contributed by atoms with van der Waals surface area (Å²) in [6.07, 6.45) is 5.32. The predicted molar refractivity (Wildman–Crippen MR) is 65.8 cm³/mol. The van der Waals surface area contributed by atoms with Gasteiger partial charge in [-0.15, -0.1) is 6.42 Å². The Kier molecular flexibility index (Phi) is 2.74. The van der Waals surface area contributed by atoms with Gasteiger partial charge in [-0.3, -0.25) is 0 Å². The second kappa shape index (κ2) is 4.22. The second-order valence-electron chi connectivity index (χ2n) is 3.68. The van der Waals surface area contributed by atoms with Crippen LogP contribution in [0.3, 0.4) is 0 Å². The summed E-state index contributed by atoms with van der Waals surface area (Å²) in [5.74, 6) is 0.196. The smallest absolute Gasteiger partial charge is 0.336 e. The van der Waals surface area contributed by atoms with Crippen molar-refractivity contribution in [3.8, 4) is 12.3 Å². The van der Waals surface area contributed by atoms with Crippen LogP contribution in [0.15, 0.2) is 30.3 Å². The number of benzene rings is 2. The number of fused-ring (bicyclic) bond motifs is 1. The Morgan fingerprint density at radius 1 is 1.06 bits per heavy atom. The molecule has 0 spiro atoms. The normalized spacial score (nSPS) is 9.94. The first kappa shape index (κ1) is 11.7. The van der Waals surface area contributed by atoms with Gasteiger partial charge in [-0.25, -0.2) is 9.59 Å². The van der Waals surface area contributed by atoms with Crippen molar-refractivity contribution in [2.24, 2.45) is 0 Å². The molecule has 0 amide bonds. The minimum absolute atomic E-state index is 0.0353. The number of hydrogen-bond acceptors (Lipinski definition) is 2. The molecule has 0 aliphatic heterocycles. The molecule has 2 aromatic rings. The summed E-state index contributed by atoms with van der Waals surface area (Å²) in [7, 11) is 0. The Labute approximate surface area is 102 Å². The first-order valence-corrected chi connectivity index (χ1v) is 5.04. The topological polar surface area (TPSA) is 74.6 Å². The molecular formula is C14H8O4. The maximum atomic E-state index is 11.0. The van der Waals surface area contributed by atoms with E-state index in [0.29, 0.717) is 10.8 Å². The average Bonchev–Trinajstić information content (AvgIpc) is 2.36. The number of terminal acetylenes is 1. The lowest BCUT2D eigenvalue weighted by atomic mass is 9.98. The van der Waals surface area contributed by atoms with E-state index in [4.69, 9.17) is 16.6 Å². The molecule has 0 saturated heterocycles. The van der Waals surface area contributed by atoms with Gasteiger partial charge in [-0.05, 0) is 29.0 Å². The monoisotopic (exact) mass is 240 g/mol. The van der Waals surface area contributed by atoms with Gasteiger partial charge in [-0.1, -0.05) is 18.1 Å². The second-order valence-corrected chi connectivity index (χ2v) is 3.68. The minimum Gasteiger partial charge on any atom is -0.478 e. The van der Waals surface area contributed by atoms with Crippen LogP contribution in [0.2, 0.25) is 0 Å². The zero-order chi connectivity index (χ0) is 13.3. The van der Waals surface area contributed by atoms with Crippen LogP contribution in [0, 0.1) is 12.3 Å². The van der Waals surface area contributed by atoms with Crippen molar-refractivity contribution in [2.75, 3.05) is 0 Å². The molecule has 0 atom stereocenters. The van der Waals surface area contributed by atoms with Crippen LogP contribution in [-0.4, -0.2) is 22.2 Å². The summed E-state index contributed by atoms with van der Waals surface area (Å²) in [4.78, 5) is 21.8. The molecule has 88 valence electrons. The molecule has 2 aromatic carbocycles. The molecule has 4 nitrogen and oxygen atoms in total. The van der Waals surface area contributed by atoms with Crippen LogP contribution in [-0.2, 0) is 0 Å². The highest BCUT2D eigenvalue weighted by atomic mass is 16.4. The molecule has 18 heavy (non-hydrogen) atoms. The summed E-state index contributed by atoms with van der Waals surface area (Å²) in [5.41, 5.74) is 0.429. The van der Waals surface area contributed by atoms with Gasteiger partial charge in [0.05, 0.1) is 11.1 Å². The SMILES string of the molecule is C#Cc1c(C(=O)O)ccc2cc(C(=O)O)ccc12. The number of hydrogen-bond donors (Lipinski definition) is 2. The van der Waals surface area contributed by atoms with E-state index in [2.05, 4.69) is 5.92 Å². The Morgan fingerprint density at radius 3 is 2.33 bits per heavy atom. The Balaban J connectivity index is 2.80. The third-order valence-electron chi connectivity index (χ3n) is 2.64. The van der Waals surface area contributed by atoms with Crippen molar-refractivity contribution in [3.63, 3.8) is 0 Å². The lowest BCUT2D eigenvalue weighted by Crippen LogP contribution is -2.01. The Hall–Kier alpha value is -2.80. The van der Waals surface area contributed by atoms with E-state index in [0.717, 1.165) is 0 Å². The molecule has 2 rings (SSSR count). The summed E-state index contributed by atoms with van der Waals surface area (Å²) < 4.78 is 0. The lowest BCUT2D eigenvalue weighted by Gasteiger charge is -2.06. The van der Waals surface area contributed by atoms with Gasteiger partial charge in [0.25, 0.3) is 0 Å². The van der Waals surface area contributed by atoms with Gasteiger partial charge in [0.1, 0.15) is 0 Å². The fourth-order valence-electron chi connectivity index (χ4n) is 1.80. The van der Waals surface area contributed by atoms with Gasteiger partial charge in [0, 0.05) is 5.56 Å². The quantitative estimate of drug-likeness (QED) is 0.789. The number of aromatic carboxylic acids is 2. The molecule has 0 aliphatic rings. The highest BCUT2D eigenvalue weighted by molar-refractivity contribution is 6.02. The Morgan fingerprint density at radius 2 is 1.78 bits per heavy atom. The molecule has 0 radical (unpaired) electrons. The number of carboxylic acid groups (broad SMARTS) is 2. The van der Waals surface area contributed by atoms with Crippen LogP contribution >= 0.6 is 0 Å². The van der Waals surface area contributed by atoms with E-state index < -0.39 is 11.9 Å². The van der Waals surface area contributed by atoms with E-state index in [-0.39, 0.29) is 16.7 Å². The molecular weight excluding hydrogens is 232 g/mol. The Bertz CT molecular complexity index is 708. The van der Waals surface area contributed by atoms with Crippen molar-refractivity contribution >= 4 is 22.7 Å². The van der Waals surface area contributed by atoms with Crippen molar-refractivity contribution in [1.29, 1.82) is 0 Å². The number of carboxylic acids is 2. The van der Waals surface area contributed by atoms with E-state index in [1.54, 1.807) is 6.07 Å². The van der Waals surface area contributed by atoms with E-state index in [9.17, 15) is 9.59 Å². The minimum atomic E-state index is -1.10. The molecule has 0 bridgehead atoms. The number of rotatable bonds is 2. The van der Waals surface area contributed by atoms with E-state index >= 15 is 0 Å².